The molecule has 3 aliphatic rings. The number of alkyl halides is 17. The van der Waals surface area contributed by atoms with Crippen LogP contribution in [-0.4, -0.2) is 221 Å². The maximum Gasteiger partial charge on any atom is 0.460 e. The van der Waals surface area contributed by atoms with Gasteiger partial charge in [-0.1, -0.05) is 27.7 Å². The van der Waals surface area contributed by atoms with Crippen LogP contribution in [0.5, 0.6) is 0 Å². The summed E-state index contributed by atoms with van der Waals surface area (Å²) in [5.41, 5.74) is -2.32. The van der Waals surface area contributed by atoms with Gasteiger partial charge < -0.3 is 78.8 Å². The summed E-state index contributed by atoms with van der Waals surface area (Å²) >= 11 is 0. The Kier molecular flexibility index (Phi) is 19.1. The van der Waals surface area contributed by atoms with Crippen molar-refractivity contribution in [1.82, 2.24) is 0 Å². The van der Waals surface area contributed by atoms with Crippen LogP contribution in [0.25, 0.3) is 0 Å². The molecule has 410 valence electrons. The van der Waals surface area contributed by atoms with Crippen LogP contribution in [-0.2, 0) is 32.8 Å². The quantitative estimate of drug-likeness (QED) is 0.0592. The molecule has 3 aliphatic heterocycles. The molecule has 0 aromatic carbocycles. The lowest BCUT2D eigenvalue weighted by Crippen LogP contribution is -2.74. The van der Waals surface area contributed by atoms with E-state index in [2.05, 4.69) is 0 Å². The van der Waals surface area contributed by atoms with E-state index in [4.69, 9.17) is 32.8 Å². The molecular formula is C35H51F17O16Si. The van der Waals surface area contributed by atoms with Gasteiger partial charge in [0.2, 0.25) is 0 Å². The molecule has 0 aromatic heterocycles. The molecule has 0 aromatic rings. The van der Waals surface area contributed by atoms with Crippen LogP contribution in [0.3, 0.4) is 0 Å². The van der Waals surface area contributed by atoms with Crippen molar-refractivity contribution >= 4 is 8.32 Å². The van der Waals surface area contributed by atoms with E-state index in [1.807, 2.05) is 0 Å². The van der Waals surface area contributed by atoms with Gasteiger partial charge in [0.15, 0.2) is 27.2 Å². The monoisotopic (exact) mass is 1080 g/mol. The number of aliphatic hydroxyl groups is 9. The number of rotatable bonds is 21. The van der Waals surface area contributed by atoms with E-state index in [-0.39, 0.29) is 0 Å². The molecule has 0 aliphatic carbocycles. The highest BCUT2D eigenvalue weighted by atomic mass is 28.4. The average Bonchev–Trinajstić information content (AvgIpc) is 3.23. The first-order valence-electron chi connectivity index (χ1n) is 20.2. The minimum Gasteiger partial charge on any atom is -0.414 e. The SMILES string of the molecule is CO[C@H]1O[C@H](CO[C@@H]2O[C@H](CO[C@@H]3O[C@H](CO[Si](CCC(F)(F)C(F)(F)C(F)(F)C(F)(F)C(F)(F)C(F)(F)C(F)(F)C(F)(F)F)(C(C)C)C(C)C)[C@@H](O)[C@H](O)[C@H]3O)[C@@H](O)[C@H](O)[C@H]2O)[C@@H](O)[C@H](O)[C@H]1O. The van der Waals surface area contributed by atoms with Crippen molar-refractivity contribution in [2.45, 2.75) is 191 Å². The van der Waals surface area contributed by atoms with Crippen molar-refractivity contribution in [3.8, 4) is 0 Å². The predicted octanol–water partition coefficient (Wildman–Crippen LogP) is 2.27. The number of aliphatic hydroxyl groups excluding tert-OH is 9. The second-order valence-corrected chi connectivity index (χ2v) is 22.2. The summed E-state index contributed by atoms with van der Waals surface area (Å²) in [5, 5.41) is 93.7. The zero-order valence-corrected chi connectivity index (χ0v) is 37.2. The molecule has 0 bridgehead atoms. The smallest absolute Gasteiger partial charge is 0.414 e. The summed E-state index contributed by atoms with van der Waals surface area (Å²) in [7, 11) is -3.35. The molecule has 3 saturated heterocycles. The zero-order valence-electron chi connectivity index (χ0n) is 36.2. The van der Waals surface area contributed by atoms with Crippen molar-refractivity contribution in [2.24, 2.45) is 0 Å². The maximum absolute atomic E-state index is 15.1. The normalized spacial score (nSPS) is 34.5. The largest absolute Gasteiger partial charge is 0.460 e. The molecule has 3 heterocycles. The molecule has 15 atom stereocenters. The highest BCUT2D eigenvalue weighted by Crippen LogP contribution is 2.64. The number of ether oxygens (including phenoxy) is 6. The Labute approximate surface area is 379 Å². The van der Waals surface area contributed by atoms with Crippen LogP contribution in [0.1, 0.15) is 34.1 Å². The number of halogens is 17. The van der Waals surface area contributed by atoms with E-state index in [0.29, 0.717) is 0 Å². The van der Waals surface area contributed by atoms with Crippen LogP contribution in [0.15, 0.2) is 0 Å². The lowest BCUT2D eigenvalue weighted by molar-refractivity contribution is -0.461. The van der Waals surface area contributed by atoms with Crippen LogP contribution in [0, 0.1) is 0 Å². The Morgan fingerprint density at radius 2 is 0.725 bits per heavy atom. The molecule has 9 N–H and O–H groups in total. The Morgan fingerprint density at radius 1 is 0.420 bits per heavy atom. The number of methoxy groups -OCH3 is 1. The minimum atomic E-state index is -8.80. The van der Waals surface area contributed by atoms with Crippen molar-refractivity contribution in [3.63, 3.8) is 0 Å². The standard InChI is InChI=1S/C35H51F17O16Si/c1-11(2)69(12(3)4,7-6-28(36,37)29(38,39)30(40,41)31(42,43)32(44,45)33(46,47)34(48,49)35(50,51)52)65-10-15-18(55)21(58)24(61)27(68-15)64-9-14-17(54)20(57)23(60)26(67-14)63-8-13-16(53)19(56)22(59)25(62-5)66-13/h11-27,53-61H,6-10H2,1-5H3/t13-,14-,15-,16-,17-,18-,19+,20+,21+,22-,23-,24-,25+,26-,27-/m1/s1. The molecule has 3 rings (SSSR count). The summed E-state index contributed by atoms with van der Waals surface area (Å²) < 4.78 is 274. The highest BCUT2D eigenvalue weighted by Gasteiger charge is 2.95. The van der Waals surface area contributed by atoms with Gasteiger partial charge in [-0.15, -0.1) is 0 Å². The lowest BCUT2D eigenvalue weighted by Gasteiger charge is -2.45. The van der Waals surface area contributed by atoms with Gasteiger partial charge in [-0.05, 0) is 17.1 Å². The van der Waals surface area contributed by atoms with Crippen LogP contribution >= 0.6 is 0 Å². The van der Waals surface area contributed by atoms with Crippen molar-refractivity contribution in [2.75, 3.05) is 26.9 Å². The summed E-state index contributed by atoms with van der Waals surface area (Å²) in [6.07, 6.45) is -39.6. The Balaban J connectivity index is 1.80. The third-order valence-electron chi connectivity index (χ3n) is 12.2. The van der Waals surface area contributed by atoms with Gasteiger partial charge in [-0.3, -0.25) is 0 Å². The van der Waals surface area contributed by atoms with E-state index in [1.54, 1.807) is 0 Å². The average molecular weight is 1080 g/mol. The van der Waals surface area contributed by atoms with E-state index in [0.717, 1.165) is 34.8 Å². The lowest BCUT2D eigenvalue weighted by atomic mass is 9.88. The predicted molar refractivity (Wildman–Crippen MR) is 191 cm³/mol. The molecule has 0 radical (unpaired) electrons. The second kappa shape index (κ2) is 21.3. The third-order valence-corrected chi connectivity index (χ3v) is 17.8. The van der Waals surface area contributed by atoms with Gasteiger partial charge in [0, 0.05) is 13.5 Å². The van der Waals surface area contributed by atoms with Crippen LogP contribution in [0.4, 0.5) is 74.6 Å². The summed E-state index contributed by atoms with van der Waals surface area (Å²) in [6.45, 7) is 1.73. The Morgan fingerprint density at radius 3 is 1.06 bits per heavy atom. The molecule has 3 fully saturated rings. The molecule has 0 spiro atoms. The van der Waals surface area contributed by atoms with E-state index in [1.165, 1.54) is 0 Å². The molecule has 0 unspecified atom stereocenters. The van der Waals surface area contributed by atoms with E-state index in [9.17, 15) is 112 Å². The topological polar surface area (TPSA) is 247 Å². The second-order valence-electron chi connectivity index (χ2n) is 17.2. The van der Waals surface area contributed by atoms with Gasteiger partial charge in [0.25, 0.3) is 0 Å². The van der Waals surface area contributed by atoms with E-state index < -0.39 is 191 Å². The number of hydrogen-bond donors (Lipinski definition) is 9. The molecule has 16 nitrogen and oxygen atoms in total. The molecule has 0 amide bonds. The van der Waals surface area contributed by atoms with Crippen LogP contribution in [0.2, 0.25) is 17.1 Å². The summed E-state index contributed by atoms with van der Waals surface area (Å²) in [4.78, 5) is 0. The van der Waals surface area contributed by atoms with Gasteiger partial charge in [0.1, 0.15) is 73.2 Å². The van der Waals surface area contributed by atoms with E-state index >= 15 is 8.78 Å². The maximum atomic E-state index is 15.1. The van der Waals surface area contributed by atoms with Crippen molar-refractivity contribution < 1.29 is 153 Å². The van der Waals surface area contributed by atoms with Crippen molar-refractivity contribution in [1.29, 1.82) is 0 Å². The minimum absolute atomic E-state index is 0.738. The molecule has 0 saturated carbocycles. The molecular weight excluding hydrogens is 1030 g/mol. The van der Waals surface area contributed by atoms with Gasteiger partial charge >= 0.3 is 47.6 Å². The first-order chi connectivity index (χ1) is 31.0. The molecule has 69 heavy (non-hydrogen) atoms. The zero-order chi connectivity index (χ0) is 53.8. The fraction of sp³-hybridized carbons (Fsp3) is 1.00. The third kappa shape index (κ3) is 11.0. The van der Waals surface area contributed by atoms with Crippen molar-refractivity contribution in [3.05, 3.63) is 0 Å². The first kappa shape index (κ1) is 61.7. The summed E-state index contributed by atoms with van der Waals surface area (Å²) in [5.74, 6) is -57.7. The van der Waals surface area contributed by atoms with Gasteiger partial charge in [0.05, 0.1) is 19.8 Å². The molecule has 34 heteroatoms. The Hall–Kier alpha value is -1.61. The fourth-order valence-electron chi connectivity index (χ4n) is 7.60. The fourth-order valence-corrected chi connectivity index (χ4v) is 12.1. The highest BCUT2D eigenvalue weighted by molar-refractivity contribution is 6.76. The van der Waals surface area contributed by atoms with Gasteiger partial charge in [-0.2, -0.15) is 74.6 Å². The first-order valence-corrected chi connectivity index (χ1v) is 22.5. The number of hydrogen-bond acceptors (Lipinski definition) is 16. The van der Waals surface area contributed by atoms with Gasteiger partial charge in [-0.25, -0.2) is 0 Å². The summed E-state index contributed by atoms with van der Waals surface area (Å²) in [6, 6.07) is -1.59. The Bertz CT molecular complexity index is 1660. The van der Waals surface area contributed by atoms with Crippen LogP contribution < -0.4 is 0 Å².